The van der Waals surface area contributed by atoms with Crippen molar-refractivity contribution in [1.82, 2.24) is 15.5 Å². The maximum absolute atomic E-state index is 13.2. The summed E-state index contributed by atoms with van der Waals surface area (Å²) in [7, 11) is 0. The van der Waals surface area contributed by atoms with Crippen molar-refractivity contribution in [3.63, 3.8) is 0 Å². The Morgan fingerprint density at radius 3 is 3.10 bits per heavy atom. The lowest BCUT2D eigenvalue weighted by Gasteiger charge is -2.13. The molecule has 0 bridgehead atoms. The lowest BCUT2D eigenvalue weighted by molar-refractivity contribution is 0.302. The molecule has 3 atom stereocenters. The zero-order valence-corrected chi connectivity index (χ0v) is 12.0. The van der Waals surface area contributed by atoms with E-state index in [1.54, 1.807) is 6.07 Å². The lowest BCUT2D eigenvalue weighted by atomic mass is 9.94. The van der Waals surface area contributed by atoms with Gasteiger partial charge in [-0.3, -0.25) is 0 Å². The molecule has 2 aromatic rings. The molecule has 2 fully saturated rings. The number of hydrogen-bond acceptors (Lipinski definition) is 4. The fourth-order valence-electron chi connectivity index (χ4n) is 3.81. The maximum atomic E-state index is 13.2. The summed E-state index contributed by atoms with van der Waals surface area (Å²) in [6.07, 6.45) is 3.83. The second kappa shape index (κ2) is 4.91. The molecule has 4 nitrogen and oxygen atoms in total. The minimum absolute atomic E-state index is 0.180. The summed E-state index contributed by atoms with van der Waals surface area (Å²) in [4.78, 5) is 4.55. The maximum Gasteiger partial charge on any atom is 0.244 e. The van der Waals surface area contributed by atoms with Crippen LogP contribution in [0.3, 0.4) is 0 Å². The van der Waals surface area contributed by atoms with Gasteiger partial charge in [-0.25, -0.2) is 4.39 Å². The molecule has 2 heterocycles. The first kappa shape index (κ1) is 13.0. The van der Waals surface area contributed by atoms with Crippen LogP contribution < -0.4 is 5.32 Å². The van der Waals surface area contributed by atoms with Crippen molar-refractivity contribution in [3.05, 3.63) is 35.5 Å². The van der Waals surface area contributed by atoms with E-state index in [1.165, 1.54) is 31.4 Å². The van der Waals surface area contributed by atoms with Crippen LogP contribution in [0.25, 0.3) is 11.4 Å². The van der Waals surface area contributed by atoms with E-state index in [0.29, 0.717) is 17.6 Å². The predicted molar refractivity (Wildman–Crippen MR) is 76.0 cm³/mol. The topological polar surface area (TPSA) is 51.0 Å². The van der Waals surface area contributed by atoms with Crippen molar-refractivity contribution >= 4 is 0 Å². The molecule has 0 spiro atoms. The van der Waals surface area contributed by atoms with Crippen molar-refractivity contribution in [2.45, 2.75) is 32.2 Å². The molecule has 1 saturated carbocycles. The van der Waals surface area contributed by atoms with E-state index < -0.39 is 0 Å². The zero-order chi connectivity index (χ0) is 14.4. The monoisotopic (exact) mass is 287 g/mol. The Hall–Kier alpha value is -1.75. The number of halogens is 1. The smallest absolute Gasteiger partial charge is 0.244 e. The van der Waals surface area contributed by atoms with Crippen molar-refractivity contribution < 1.29 is 8.91 Å². The van der Waals surface area contributed by atoms with Gasteiger partial charge in [0.05, 0.1) is 6.04 Å². The van der Waals surface area contributed by atoms with E-state index >= 15 is 0 Å². The fourth-order valence-corrected chi connectivity index (χ4v) is 3.81. The summed E-state index contributed by atoms with van der Waals surface area (Å²) >= 11 is 0. The first-order valence-electron chi connectivity index (χ1n) is 7.56. The van der Waals surface area contributed by atoms with Crippen LogP contribution in [-0.2, 0) is 0 Å². The fraction of sp³-hybridized carbons (Fsp3) is 0.500. The zero-order valence-electron chi connectivity index (χ0n) is 12.0. The van der Waals surface area contributed by atoms with E-state index in [4.69, 9.17) is 4.52 Å². The van der Waals surface area contributed by atoms with Gasteiger partial charge in [-0.2, -0.15) is 4.98 Å². The van der Waals surface area contributed by atoms with E-state index in [2.05, 4.69) is 15.5 Å². The number of nitrogens with zero attached hydrogens (tertiary/aromatic N) is 2. The summed E-state index contributed by atoms with van der Waals surface area (Å²) < 4.78 is 18.7. The van der Waals surface area contributed by atoms with Gasteiger partial charge in [0.2, 0.25) is 11.7 Å². The van der Waals surface area contributed by atoms with E-state index in [0.717, 1.165) is 23.6 Å². The second-order valence-corrected chi connectivity index (χ2v) is 6.16. The molecule has 1 aromatic heterocycles. The molecule has 1 aliphatic carbocycles. The van der Waals surface area contributed by atoms with Crippen LogP contribution in [0.4, 0.5) is 4.39 Å². The van der Waals surface area contributed by atoms with Crippen LogP contribution in [0.2, 0.25) is 0 Å². The summed E-state index contributed by atoms with van der Waals surface area (Å²) in [6.45, 7) is 2.90. The van der Waals surface area contributed by atoms with Crippen LogP contribution >= 0.6 is 0 Å². The highest BCUT2D eigenvalue weighted by molar-refractivity contribution is 5.59. The van der Waals surface area contributed by atoms with Gasteiger partial charge in [-0.15, -0.1) is 0 Å². The molecule has 0 amide bonds. The van der Waals surface area contributed by atoms with Gasteiger partial charge < -0.3 is 9.84 Å². The Bertz CT molecular complexity index is 669. The van der Waals surface area contributed by atoms with Crippen molar-refractivity contribution in [1.29, 1.82) is 0 Å². The standard InChI is InChI=1S/C16H18FN3O/c1-9-7-11(17)5-6-12(9)15-19-16(21-20-15)14-13-4-2-3-10(13)8-18-14/h5-7,10,13-14,18H,2-4,8H2,1H3. The average Bonchev–Trinajstić information content (AvgIpc) is 3.13. The van der Waals surface area contributed by atoms with E-state index in [1.807, 2.05) is 6.92 Å². The number of benzene rings is 1. The van der Waals surface area contributed by atoms with Crippen molar-refractivity contribution in [2.75, 3.05) is 6.54 Å². The van der Waals surface area contributed by atoms with Gasteiger partial charge >= 0.3 is 0 Å². The van der Waals surface area contributed by atoms with Crippen LogP contribution in [-0.4, -0.2) is 16.7 Å². The predicted octanol–water partition coefficient (Wildman–Crippen LogP) is 3.24. The molecule has 1 saturated heterocycles. The summed E-state index contributed by atoms with van der Waals surface area (Å²) in [5, 5.41) is 7.59. The molecular formula is C16H18FN3O. The second-order valence-electron chi connectivity index (χ2n) is 6.16. The molecule has 0 radical (unpaired) electrons. The average molecular weight is 287 g/mol. The highest BCUT2D eigenvalue weighted by Gasteiger charge is 2.42. The van der Waals surface area contributed by atoms with Gasteiger partial charge in [0, 0.05) is 5.56 Å². The third kappa shape index (κ3) is 2.16. The Kier molecular flexibility index (Phi) is 3.03. The van der Waals surface area contributed by atoms with Crippen molar-refractivity contribution in [3.8, 4) is 11.4 Å². The minimum atomic E-state index is -0.244. The Morgan fingerprint density at radius 2 is 2.24 bits per heavy atom. The molecule has 1 N–H and O–H groups in total. The van der Waals surface area contributed by atoms with E-state index in [-0.39, 0.29) is 11.9 Å². The number of aromatic nitrogens is 2. The summed E-state index contributed by atoms with van der Waals surface area (Å²) in [5.74, 6) is 2.34. The molecule has 3 unspecified atom stereocenters. The van der Waals surface area contributed by atoms with Crippen LogP contribution in [0, 0.1) is 24.6 Å². The molecule has 1 aliphatic heterocycles. The molecule has 2 aliphatic rings. The molecule has 5 heteroatoms. The van der Waals surface area contributed by atoms with E-state index in [9.17, 15) is 4.39 Å². The summed E-state index contributed by atoms with van der Waals surface area (Å²) in [5.41, 5.74) is 1.65. The molecule has 1 aromatic carbocycles. The molecular weight excluding hydrogens is 269 g/mol. The normalized spacial score (nSPS) is 28.0. The Balaban J connectivity index is 1.64. The number of fused-ring (bicyclic) bond motifs is 1. The molecule has 21 heavy (non-hydrogen) atoms. The van der Waals surface area contributed by atoms with Crippen LogP contribution in [0.15, 0.2) is 22.7 Å². The van der Waals surface area contributed by atoms with Gasteiger partial charge in [0.1, 0.15) is 5.82 Å². The third-order valence-corrected chi connectivity index (χ3v) is 4.88. The Morgan fingerprint density at radius 1 is 1.33 bits per heavy atom. The summed E-state index contributed by atoms with van der Waals surface area (Å²) in [6, 6.07) is 4.81. The highest BCUT2D eigenvalue weighted by atomic mass is 19.1. The van der Waals surface area contributed by atoms with Gasteiger partial charge in [0.25, 0.3) is 0 Å². The first-order valence-corrected chi connectivity index (χ1v) is 7.56. The van der Waals surface area contributed by atoms with Gasteiger partial charge in [-0.05, 0) is 61.9 Å². The van der Waals surface area contributed by atoms with Gasteiger partial charge in [-0.1, -0.05) is 11.6 Å². The third-order valence-electron chi connectivity index (χ3n) is 4.88. The molecule has 110 valence electrons. The first-order chi connectivity index (χ1) is 10.2. The number of hydrogen-bond donors (Lipinski definition) is 1. The largest absolute Gasteiger partial charge is 0.337 e. The SMILES string of the molecule is Cc1cc(F)ccc1-c1noc(C2NCC3CCCC32)n1. The lowest BCUT2D eigenvalue weighted by Crippen LogP contribution is -2.18. The number of aryl methyl sites for hydroxylation is 1. The number of nitrogens with one attached hydrogen (secondary N) is 1. The molecule has 4 rings (SSSR count). The quantitative estimate of drug-likeness (QED) is 0.921. The highest BCUT2D eigenvalue weighted by Crippen LogP contribution is 2.44. The number of rotatable bonds is 2. The van der Waals surface area contributed by atoms with Crippen molar-refractivity contribution in [2.24, 2.45) is 11.8 Å². The van der Waals surface area contributed by atoms with Crippen LogP contribution in [0.5, 0.6) is 0 Å². The van der Waals surface area contributed by atoms with Gasteiger partial charge in [0.15, 0.2) is 0 Å². The minimum Gasteiger partial charge on any atom is -0.337 e. The Labute approximate surface area is 122 Å². The van der Waals surface area contributed by atoms with Crippen LogP contribution in [0.1, 0.15) is 36.8 Å².